The van der Waals surface area contributed by atoms with Gasteiger partial charge in [-0.3, -0.25) is 4.79 Å². The lowest BCUT2D eigenvalue weighted by Crippen LogP contribution is -2.08. The van der Waals surface area contributed by atoms with Gasteiger partial charge in [0.2, 0.25) is 5.88 Å². The van der Waals surface area contributed by atoms with E-state index in [9.17, 15) is 4.79 Å². The second-order valence-electron chi connectivity index (χ2n) is 4.40. The molecule has 0 aliphatic rings. The molecule has 0 aliphatic carbocycles. The zero-order chi connectivity index (χ0) is 14.8. The lowest BCUT2D eigenvalue weighted by Gasteiger charge is -2.11. The Balaban J connectivity index is 2.28. The first kappa shape index (κ1) is 16.2. The van der Waals surface area contributed by atoms with E-state index in [1.165, 1.54) is 13.4 Å². The van der Waals surface area contributed by atoms with E-state index in [0.717, 1.165) is 37.2 Å². The van der Waals surface area contributed by atoms with Crippen LogP contribution in [0, 0.1) is 6.92 Å². The van der Waals surface area contributed by atoms with Crippen molar-refractivity contribution < 1.29 is 14.3 Å². The molecule has 20 heavy (non-hydrogen) atoms. The number of esters is 1. The first-order valence-corrected chi connectivity index (χ1v) is 6.94. The Hall–Kier alpha value is -1.85. The number of rotatable bonds is 9. The van der Waals surface area contributed by atoms with Crippen LogP contribution in [-0.4, -0.2) is 36.2 Å². The predicted octanol–water partition coefficient (Wildman–Crippen LogP) is 2.33. The van der Waals surface area contributed by atoms with E-state index in [-0.39, 0.29) is 5.97 Å². The van der Waals surface area contributed by atoms with Gasteiger partial charge in [-0.05, 0) is 26.7 Å². The molecule has 1 N–H and O–H groups in total. The minimum atomic E-state index is -0.147. The van der Waals surface area contributed by atoms with Crippen LogP contribution < -0.4 is 10.1 Å². The molecule has 112 valence electrons. The van der Waals surface area contributed by atoms with Crippen molar-refractivity contribution in [3.05, 3.63) is 11.9 Å². The molecule has 0 spiro atoms. The zero-order valence-corrected chi connectivity index (χ0v) is 12.4. The summed E-state index contributed by atoms with van der Waals surface area (Å²) in [5.41, 5.74) is 0.920. The average molecular weight is 281 g/mol. The molecule has 0 aromatic carbocycles. The van der Waals surface area contributed by atoms with E-state index in [1.807, 2.05) is 13.8 Å². The highest BCUT2D eigenvalue weighted by atomic mass is 16.5. The minimum Gasteiger partial charge on any atom is -0.478 e. The van der Waals surface area contributed by atoms with Crippen LogP contribution in [0.15, 0.2) is 6.33 Å². The summed E-state index contributed by atoms with van der Waals surface area (Å²) in [5, 5.41) is 3.27. The van der Waals surface area contributed by atoms with E-state index >= 15 is 0 Å². The SMILES string of the molecule is CCOc1ncnc(NCCCCCC(=O)OC)c1C. The Morgan fingerprint density at radius 1 is 1.30 bits per heavy atom. The highest BCUT2D eigenvalue weighted by Gasteiger charge is 2.07. The van der Waals surface area contributed by atoms with Crippen molar-refractivity contribution in [2.75, 3.05) is 25.6 Å². The van der Waals surface area contributed by atoms with Crippen molar-refractivity contribution in [2.24, 2.45) is 0 Å². The maximum Gasteiger partial charge on any atom is 0.305 e. The van der Waals surface area contributed by atoms with E-state index in [1.54, 1.807) is 0 Å². The second kappa shape index (κ2) is 9.12. The van der Waals surface area contributed by atoms with Crippen molar-refractivity contribution in [2.45, 2.75) is 39.5 Å². The monoisotopic (exact) mass is 281 g/mol. The second-order valence-corrected chi connectivity index (χ2v) is 4.40. The fourth-order valence-corrected chi connectivity index (χ4v) is 1.77. The third kappa shape index (κ3) is 5.42. The van der Waals surface area contributed by atoms with Crippen LogP contribution in [0.5, 0.6) is 5.88 Å². The molecule has 0 fully saturated rings. The predicted molar refractivity (Wildman–Crippen MR) is 76.9 cm³/mol. The van der Waals surface area contributed by atoms with Crippen molar-refractivity contribution in [1.82, 2.24) is 9.97 Å². The number of hydrogen-bond donors (Lipinski definition) is 1. The Kier molecular flexibility index (Phi) is 7.39. The smallest absolute Gasteiger partial charge is 0.305 e. The summed E-state index contributed by atoms with van der Waals surface area (Å²) in [6, 6.07) is 0. The number of carbonyl (C=O) groups excluding carboxylic acids is 1. The van der Waals surface area contributed by atoms with E-state index < -0.39 is 0 Å². The van der Waals surface area contributed by atoms with Crippen molar-refractivity contribution in [3.8, 4) is 5.88 Å². The van der Waals surface area contributed by atoms with Gasteiger partial charge in [0.15, 0.2) is 0 Å². The summed E-state index contributed by atoms with van der Waals surface area (Å²) in [6.45, 7) is 5.26. The van der Waals surface area contributed by atoms with Crippen molar-refractivity contribution in [1.29, 1.82) is 0 Å². The molecule has 1 aromatic rings. The van der Waals surface area contributed by atoms with Gasteiger partial charge in [0.1, 0.15) is 12.1 Å². The Labute approximate surface area is 119 Å². The Morgan fingerprint density at radius 2 is 2.10 bits per heavy atom. The molecular formula is C14H23N3O3. The number of hydrogen-bond acceptors (Lipinski definition) is 6. The maximum absolute atomic E-state index is 10.9. The molecule has 0 radical (unpaired) electrons. The molecule has 0 aliphatic heterocycles. The average Bonchev–Trinajstić information content (AvgIpc) is 2.46. The van der Waals surface area contributed by atoms with E-state index in [0.29, 0.717) is 18.9 Å². The topological polar surface area (TPSA) is 73.3 Å². The highest BCUT2D eigenvalue weighted by Crippen LogP contribution is 2.20. The molecule has 1 rings (SSSR count). The van der Waals surface area contributed by atoms with Gasteiger partial charge in [-0.2, -0.15) is 0 Å². The van der Waals surface area contributed by atoms with Gasteiger partial charge in [0.25, 0.3) is 0 Å². The fraction of sp³-hybridized carbons (Fsp3) is 0.643. The van der Waals surface area contributed by atoms with Crippen LogP contribution >= 0.6 is 0 Å². The fourth-order valence-electron chi connectivity index (χ4n) is 1.77. The standard InChI is InChI=1S/C14H23N3O3/c1-4-20-14-11(2)13(16-10-17-14)15-9-7-5-6-8-12(18)19-3/h10H,4-9H2,1-3H3,(H,15,16,17). The molecule has 0 atom stereocenters. The first-order chi connectivity index (χ1) is 9.69. The van der Waals surface area contributed by atoms with Crippen molar-refractivity contribution in [3.63, 3.8) is 0 Å². The number of methoxy groups -OCH3 is 1. The van der Waals surface area contributed by atoms with Crippen LogP contribution in [0.4, 0.5) is 5.82 Å². The largest absolute Gasteiger partial charge is 0.478 e. The molecule has 1 heterocycles. The number of nitrogens with zero attached hydrogens (tertiary/aromatic N) is 2. The summed E-state index contributed by atoms with van der Waals surface area (Å²) in [7, 11) is 1.41. The third-order valence-electron chi connectivity index (χ3n) is 2.90. The number of unbranched alkanes of at least 4 members (excludes halogenated alkanes) is 2. The molecule has 0 saturated heterocycles. The summed E-state index contributed by atoms with van der Waals surface area (Å²) >= 11 is 0. The lowest BCUT2D eigenvalue weighted by atomic mass is 10.2. The quantitative estimate of drug-likeness (QED) is 0.553. The van der Waals surface area contributed by atoms with Gasteiger partial charge in [-0.15, -0.1) is 0 Å². The molecule has 6 heteroatoms. The van der Waals surface area contributed by atoms with Gasteiger partial charge >= 0.3 is 5.97 Å². The van der Waals surface area contributed by atoms with Crippen molar-refractivity contribution >= 4 is 11.8 Å². The summed E-state index contributed by atoms with van der Waals surface area (Å²) < 4.78 is 10.0. The molecule has 0 saturated carbocycles. The molecule has 6 nitrogen and oxygen atoms in total. The van der Waals surface area contributed by atoms with Gasteiger partial charge in [-0.25, -0.2) is 9.97 Å². The number of nitrogens with one attached hydrogen (secondary N) is 1. The summed E-state index contributed by atoms with van der Waals surface area (Å²) in [4.78, 5) is 19.2. The Bertz CT molecular complexity index is 424. The highest BCUT2D eigenvalue weighted by molar-refractivity contribution is 5.68. The summed E-state index contributed by atoms with van der Waals surface area (Å²) in [5.74, 6) is 1.28. The summed E-state index contributed by atoms with van der Waals surface area (Å²) in [6.07, 6.45) is 4.78. The van der Waals surface area contributed by atoms with Crippen LogP contribution in [-0.2, 0) is 9.53 Å². The first-order valence-electron chi connectivity index (χ1n) is 6.94. The molecule has 0 bridgehead atoms. The molecule has 0 unspecified atom stereocenters. The van der Waals surface area contributed by atoms with Crippen LogP contribution in [0.3, 0.4) is 0 Å². The van der Waals surface area contributed by atoms with E-state index in [2.05, 4.69) is 20.0 Å². The van der Waals surface area contributed by atoms with Gasteiger partial charge < -0.3 is 14.8 Å². The minimum absolute atomic E-state index is 0.147. The number of ether oxygens (including phenoxy) is 2. The Morgan fingerprint density at radius 3 is 2.80 bits per heavy atom. The molecular weight excluding hydrogens is 258 g/mol. The normalized spacial score (nSPS) is 10.2. The maximum atomic E-state index is 10.9. The number of aromatic nitrogens is 2. The van der Waals surface area contributed by atoms with Crippen LogP contribution in [0.1, 0.15) is 38.2 Å². The zero-order valence-electron chi connectivity index (χ0n) is 12.4. The van der Waals surface area contributed by atoms with Gasteiger partial charge in [0, 0.05) is 13.0 Å². The van der Waals surface area contributed by atoms with Crippen LogP contribution in [0.25, 0.3) is 0 Å². The lowest BCUT2D eigenvalue weighted by molar-refractivity contribution is -0.140. The number of anilines is 1. The third-order valence-corrected chi connectivity index (χ3v) is 2.90. The molecule has 0 amide bonds. The molecule has 1 aromatic heterocycles. The van der Waals surface area contributed by atoms with Crippen LogP contribution in [0.2, 0.25) is 0 Å². The van der Waals surface area contributed by atoms with E-state index in [4.69, 9.17) is 4.74 Å². The van der Waals surface area contributed by atoms with Gasteiger partial charge in [0.05, 0.1) is 19.3 Å². The van der Waals surface area contributed by atoms with Gasteiger partial charge in [-0.1, -0.05) is 6.42 Å². The number of carbonyl (C=O) groups is 1.